The van der Waals surface area contributed by atoms with Crippen LogP contribution in [0.15, 0.2) is 36.4 Å². The second-order valence-corrected chi connectivity index (χ2v) is 11.7. The summed E-state index contributed by atoms with van der Waals surface area (Å²) in [6.07, 6.45) is 3.27. The fraction of sp³-hybridized carbons (Fsp3) is 0.458. The molecule has 8 nitrogen and oxygen atoms in total. The average Bonchev–Trinajstić information content (AvgIpc) is 3.08. The first-order valence-corrected chi connectivity index (χ1v) is 13.3. The van der Waals surface area contributed by atoms with Crippen molar-refractivity contribution in [1.29, 1.82) is 0 Å². The molecule has 3 aromatic rings. The molecule has 2 saturated carbocycles. The van der Waals surface area contributed by atoms with Crippen molar-refractivity contribution in [3.8, 4) is 11.4 Å². The SMILES string of the molecule is CC1(COc2cc(C(=O)NS(C)(=O)=O)nc3c2c(C2CCC2)nn3-c2ccccc2)CC(F)(F)C1. The number of aromatic nitrogens is 3. The van der Waals surface area contributed by atoms with E-state index < -0.39 is 27.3 Å². The van der Waals surface area contributed by atoms with Gasteiger partial charge in [-0.25, -0.2) is 31.6 Å². The van der Waals surface area contributed by atoms with Gasteiger partial charge in [-0.05, 0) is 25.0 Å². The number of benzene rings is 1. The largest absolute Gasteiger partial charge is 0.492 e. The molecule has 1 N–H and O–H groups in total. The van der Waals surface area contributed by atoms with Crippen LogP contribution >= 0.6 is 0 Å². The molecule has 0 atom stereocenters. The van der Waals surface area contributed by atoms with Crippen molar-refractivity contribution < 1.29 is 26.7 Å². The Morgan fingerprint density at radius 1 is 1.23 bits per heavy atom. The molecule has 0 unspecified atom stereocenters. The van der Waals surface area contributed by atoms with Gasteiger partial charge in [-0.2, -0.15) is 5.10 Å². The number of pyridine rings is 1. The van der Waals surface area contributed by atoms with Crippen LogP contribution in [-0.2, 0) is 10.0 Å². The zero-order valence-electron chi connectivity index (χ0n) is 19.4. The number of halogens is 2. The third-order valence-electron chi connectivity index (χ3n) is 6.58. The number of amides is 1. The molecule has 2 heterocycles. The molecule has 2 fully saturated rings. The first kappa shape index (κ1) is 23.7. The molecule has 1 aromatic carbocycles. The maximum absolute atomic E-state index is 13.6. The molecule has 11 heteroatoms. The third-order valence-corrected chi connectivity index (χ3v) is 7.14. The molecular formula is C24H26F2N4O4S. The number of ether oxygens (including phenoxy) is 1. The lowest BCUT2D eigenvalue weighted by atomic mass is 9.68. The van der Waals surface area contributed by atoms with Crippen molar-refractivity contribution in [3.05, 3.63) is 47.8 Å². The fourth-order valence-corrected chi connectivity index (χ4v) is 5.27. The number of alkyl halides is 2. The van der Waals surface area contributed by atoms with Gasteiger partial charge in [0.25, 0.3) is 5.91 Å². The number of hydrogen-bond donors (Lipinski definition) is 1. The van der Waals surface area contributed by atoms with Crippen LogP contribution in [0.5, 0.6) is 5.75 Å². The summed E-state index contributed by atoms with van der Waals surface area (Å²) in [5.41, 5.74) is 0.961. The Morgan fingerprint density at radius 2 is 1.91 bits per heavy atom. The molecule has 2 aliphatic rings. The molecule has 2 aliphatic carbocycles. The van der Waals surface area contributed by atoms with Crippen LogP contribution in [0.1, 0.15) is 61.1 Å². The highest BCUT2D eigenvalue weighted by Gasteiger charge is 2.54. The number of nitrogens with one attached hydrogen (secondary N) is 1. The van der Waals surface area contributed by atoms with E-state index in [0.29, 0.717) is 16.7 Å². The number of hydrogen-bond acceptors (Lipinski definition) is 6. The second kappa shape index (κ2) is 8.25. The lowest BCUT2D eigenvalue weighted by Crippen LogP contribution is -2.47. The summed E-state index contributed by atoms with van der Waals surface area (Å²) in [6.45, 7) is 1.76. The Balaban J connectivity index is 1.64. The van der Waals surface area contributed by atoms with Gasteiger partial charge in [0, 0.05) is 30.2 Å². The van der Waals surface area contributed by atoms with E-state index in [0.717, 1.165) is 31.2 Å². The van der Waals surface area contributed by atoms with Crippen LogP contribution in [0.25, 0.3) is 16.7 Å². The van der Waals surface area contributed by atoms with Crippen molar-refractivity contribution in [2.24, 2.45) is 5.41 Å². The standard InChI is InChI=1S/C24H26F2N4O4S/c1-23(12-24(25,26)13-23)14-34-18-11-17(22(31)29-35(2,32)33)27-21-19(18)20(15-7-6-8-15)28-30(21)16-9-4-3-5-10-16/h3-5,9-11,15H,6-8,12-14H2,1-2H3,(H,29,31). The van der Waals surface area contributed by atoms with Gasteiger partial charge in [0.15, 0.2) is 5.65 Å². The van der Waals surface area contributed by atoms with Crippen molar-refractivity contribution in [2.45, 2.75) is 50.9 Å². The van der Waals surface area contributed by atoms with Crippen LogP contribution < -0.4 is 9.46 Å². The molecule has 186 valence electrons. The minimum atomic E-state index is -3.83. The van der Waals surface area contributed by atoms with Crippen LogP contribution in [0, 0.1) is 5.41 Å². The Morgan fingerprint density at radius 3 is 2.49 bits per heavy atom. The predicted octanol–water partition coefficient (Wildman–Crippen LogP) is 4.19. The number of nitrogens with zero attached hydrogens (tertiary/aromatic N) is 3. The molecule has 2 aromatic heterocycles. The fourth-order valence-electron chi connectivity index (χ4n) is 4.83. The van der Waals surface area contributed by atoms with Crippen LogP contribution in [0.4, 0.5) is 8.78 Å². The molecule has 5 rings (SSSR count). The van der Waals surface area contributed by atoms with Crippen molar-refractivity contribution in [3.63, 3.8) is 0 Å². The number of sulfonamides is 1. The summed E-state index contributed by atoms with van der Waals surface area (Å²) < 4.78 is 60.1. The van der Waals surface area contributed by atoms with Gasteiger partial charge in [-0.3, -0.25) is 4.79 Å². The van der Waals surface area contributed by atoms with Gasteiger partial charge in [-0.15, -0.1) is 0 Å². The van der Waals surface area contributed by atoms with E-state index in [1.54, 1.807) is 11.6 Å². The van der Waals surface area contributed by atoms with E-state index in [2.05, 4.69) is 4.98 Å². The molecule has 0 radical (unpaired) electrons. The maximum Gasteiger partial charge on any atom is 0.283 e. The van der Waals surface area contributed by atoms with Crippen LogP contribution in [0.3, 0.4) is 0 Å². The molecule has 0 bridgehead atoms. The number of fused-ring (bicyclic) bond motifs is 1. The van der Waals surface area contributed by atoms with Gasteiger partial charge < -0.3 is 4.74 Å². The zero-order valence-corrected chi connectivity index (χ0v) is 20.2. The number of para-hydroxylation sites is 1. The van der Waals surface area contributed by atoms with Crippen molar-refractivity contribution >= 4 is 27.0 Å². The Labute approximate surface area is 201 Å². The molecule has 35 heavy (non-hydrogen) atoms. The van der Waals surface area contributed by atoms with Crippen molar-refractivity contribution in [2.75, 3.05) is 12.9 Å². The second-order valence-electron chi connectivity index (χ2n) is 9.98. The summed E-state index contributed by atoms with van der Waals surface area (Å²) in [7, 11) is -3.83. The van der Waals surface area contributed by atoms with Gasteiger partial charge in [0.05, 0.1) is 29.6 Å². The number of carbonyl (C=O) groups is 1. The smallest absolute Gasteiger partial charge is 0.283 e. The minimum Gasteiger partial charge on any atom is -0.492 e. The van der Waals surface area contributed by atoms with E-state index >= 15 is 0 Å². The van der Waals surface area contributed by atoms with E-state index in [9.17, 15) is 22.0 Å². The number of rotatable bonds is 7. The normalized spacial score (nSPS) is 19.1. The van der Waals surface area contributed by atoms with E-state index in [4.69, 9.17) is 9.84 Å². The predicted molar refractivity (Wildman–Crippen MR) is 126 cm³/mol. The van der Waals surface area contributed by atoms with Crippen LogP contribution in [-0.4, -0.2) is 47.9 Å². The highest BCUT2D eigenvalue weighted by molar-refractivity contribution is 7.89. The van der Waals surface area contributed by atoms with Gasteiger partial charge >= 0.3 is 0 Å². The maximum atomic E-state index is 13.6. The first-order valence-electron chi connectivity index (χ1n) is 11.4. The first-order chi connectivity index (χ1) is 16.4. The van der Waals surface area contributed by atoms with E-state index in [1.807, 2.05) is 35.1 Å². The lowest BCUT2D eigenvalue weighted by molar-refractivity contribution is -0.164. The third kappa shape index (κ3) is 4.73. The summed E-state index contributed by atoms with van der Waals surface area (Å²) >= 11 is 0. The molecule has 1 amide bonds. The molecule has 0 saturated heterocycles. The minimum absolute atomic E-state index is 0.0233. The monoisotopic (exact) mass is 504 g/mol. The zero-order chi connectivity index (χ0) is 25.0. The Kier molecular flexibility index (Phi) is 5.58. The molecule has 0 spiro atoms. The van der Waals surface area contributed by atoms with Crippen LogP contribution in [0.2, 0.25) is 0 Å². The lowest BCUT2D eigenvalue weighted by Gasteiger charge is -2.44. The Bertz CT molecular complexity index is 1390. The quantitative estimate of drug-likeness (QED) is 0.518. The van der Waals surface area contributed by atoms with Gasteiger partial charge in [0.2, 0.25) is 15.9 Å². The summed E-state index contributed by atoms with van der Waals surface area (Å²) in [4.78, 5) is 17.2. The number of carbonyl (C=O) groups excluding carboxylic acids is 1. The van der Waals surface area contributed by atoms with Gasteiger partial charge in [0.1, 0.15) is 11.4 Å². The van der Waals surface area contributed by atoms with Crippen molar-refractivity contribution in [1.82, 2.24) is 19.5 Å². The highest BCUT2D eigenvalue weighted by Crippen LogP contribution is 2.52. The topological polar surface area (TPSA) is 103 Å². The summed E-state index contributed by atoms with van der Waals surface area (Å²) in [6, 6.07) is 10.6. The molecule has 0 aliphatic heterocycles. The Hall–Kier alpha value is -3.08. The summed E-state index contributed by atoms with van der Waals surface area (Å²) in [5.74, 6) is -3.15. The summed E-state index contributed by atoms with van der Waals surface area (Å²) in [5, 5.41) is 5.44. The van der Waals surface area contributed by atoms with E-state index in [-0.39, 0.29) is 36.8 Å². The van der Waals surface area contributed by atoms with E-state index in [1.165, 1.54) is 6.07 Å². The van der Waals surface area contributed by atoms with Gasteiger partial charge in [-0.1, -0.05) is 31.5 Å². The average molecular weight is 505 g/mol. The molecular weight excluding hydrogens is 478 g/mol. The highest BCUT2D eigenvalue weighted by atomic mass is 32.2.